The van der Waals surface area contributed by atoms with Gasteiger partial charge in [0, 0.05) is 36.0 Å². The number of rotatable bonds is 5. The summed E-state index contributed by atoms with van der Waals surface area (Å²) in [5, 5.41) is 18.6. The van der Waals surface area contributed by atoms with Gasteiger partial charge in [0.2, 0.25) is 0 Å². The Morgan fingerprint density at radius 2 is 1.94 bits per heavy atom. The van der Waals surface area contributed by atoms with E-state index in [-0.39, 0.29) is 23.7 Å². The van der Waals surface area contributed by atoms with Crippen LogP contribution in [-0.2, 0) is 0 Å². The van der Waals surface area contributed by atoms with Crippen LogP contribution in [-0.4, -0.2) is 51.3 Å². The van der Waals surface area contributed by atoms with Gasteiger partial charge in [0.25, 0.3) is 5.91 Å². The molecule has 0 spiro atoms. The van der Waals surface area contributed by atoms with Gasteiger partial charge in [0.05, 0.1) is 5.56 Å². The number of nitrogens with one attached hydrogen (secondary N) is 1. The molecule has 0 saturated carbocycles. The van der Waals surface area contributed by atoms with Crippen molar-refractivity contribution in [1.29, 1.82) is 0 Å². The van der Waals surface area contributed by atoms with Crippen LogP contribution in [0.3, 0.4) is 0 Å². The van der Waals surface area contributed by atoms with Crippen LogP contribution in [0.2, 0.25) is 0 Å². The van der Waals surface area contributed by atoms with Crippen molar-refractivity contribution in [2.24, 2.45) is 0 Å². The summed E-state index contributed by atoms with van der Waals surface area (Å²) in [6, 6.07) is 5.92. The molecule has 3 heterocycles. The summed E-state index contributed by atoms with van der Waals surface area (Å²) in [4.78, 5) is 29.6. The highest BCUT2D eigenvalue weighted by atomic mass is 32.1. The zero-order chi connectivity index (χ0) is 22.8. The van der Waals surface area contributed by atoms with E-state index in [2.05, 4.69) is 15.5 Å². The van der Waals surface area contributed by atoms with E-state index in [1.54, 1.807) is 17.5 Å². The van der Waals surface area contributed by atoms with E-state index in [1.807, 2.05) is 13.8 Å². The fourth-order valence-electron chi connectivity index (χ4n) is 3.75. The lowest BCUT2D eigenvalue weighted by Gasteiger charge is -2.28. The van der Waals surface area contributed by atoms with Gasteiger partial charge in [-0.15, -0.1) is 11.3 Å². The highest BCUT2D eigenvalue weighted by Gasteiger charge is 2.32. The van der Waals surface area contributed by atoms with Gasteiger partial charge in [-0.1, -0.05) is 5.16 Å². The Kier molecular flexibility index (Phi) is 6.22. The van der Waals surface area contributed by atoms with Gasteiger partial charge in [-0.2, -0.15) is 0 Å². The lowest BCUT2D eigenvalue weighted by atomic mass is 9.91. The fourth-order valence-corrected chi connectivity index (χ4v) is 4.60. The Bertz CT molecular complexity index is 1120. The number of thiazole rings is 1. The molecule has 1 aromatic carbocycles. The predicted molar refractivity (Wildman–Crippen MR) is 117 cm³/mol. The first-order valence-corrected chi connectivity index (χ1v) is 11.2. The summed E-state index contributed by atoms with van der Waals surface area (Å²) in [6.45, 7) is 4.54. The Morgan fingerprint density at radius 3 is 2.56 bits per heavy atom. The van der Waals surface area contributed by atoms with Gasteiger partial charge in [-0.3, -0.25) is 4.79 Å². The molecule has 1 fully saturated rings. The van der Waals surface area contributed by atoms with E-state index in [1.165, 1.54) is 28.4 Å². The molecule has 0 radical (unpaired) electrons. The molecule has 3 aromatic rings. The lowest BCUT2D eigenvalue weighted by Crippen LogP contribution is -2.36. The molecule has 168 valence electrons. The number of carboxylic acid groups (broad SMARTS) is 1. The van der Waals surface area contributed by atoms with Crippen LogP contribution in [0, 0.1) is 5.82 Å². The van der Waals surface area contributed by atoms with Gasteiger partial charge >= 0.3 is 6.09 Å². The van der Waals surface area contributed by atoms with Crippen molar-refractivity contribution in [1.82, 2.24) is 20.4 Å². The van der Waals surface area contributed by atoms with Gasteiger partial charge < -0.3 is 19.8 Å². The molecule has 2 aromatic heterocycles. The van der Waals surface area contributed by atoms with E-state index < -0.39 is 6.09 Å². The number of halogens is 1. The van der Waals surface area contributed by atoms with Crippen molar-refractivity contribution in [3.63, 3.8) is 0 Å². The second kappa shape index (κ2) is 9.07. The number of benzene rings is 1. The first-order valence-electron chi connectivity index (χ1n) is 10.3. The normalized spacial score (nSPS) is 14.7. The third kappa shape index (κ3) is 4.50. The van der Waals surface area contributed by atoms with E-state index in [0.29, 0.717) is 59.2 Å². The smallest absolute Gasteiger partial charge is 0.407 e. The Hall–Kier alpha value is -3.27. The summed E-state index contributed by atoms with van der Waals surface area (Å²) in [5.41, 5.74) is 2.16. The number of carbonyl (C=O) groups excluding carboxylic acids is 1. The summed E-state index contributed by atoms with van der Waals surface area (Å²) in [7, 11) is 0. The van der Waals surface area contributed by atoms with Gasteiger partial charge in [0.1, 0.15) is 22.2 Å². The maximum absolute atomic E-state index is 13.5. The monoisotopic (exact) mass is 458 g/mol. The number of likely N-dealkylation sites (tertiary alicyclic amines) is 1. The number of carbonyl (C=O) groups is 2. The van der Waals surface area contributed by atoms with Crippen LogP contribution in [0.1, 0.15) is 48.9 Å². The molecule has 1 aliphatic rings. The first kappa shape index (κ1) is 21.9. The highest BCUT2D eigenvalue weighted by molar-refractivity contribution is 7.13. The third-order valence-electron chi connectivity index (χ3n) is 5.34. The van der Waals surface area contributed by atoms with Crippen LogP contribution in [0.5, 0.6) is 0 Å². The zero-order valence-corrected chi connectivity index (χ0v) is 18.5. The number of nitrogens with zero attached hydrogens (tertiary/aromatic N) is 3. The molecule has 1 saturated heterocycles. The molecule has 8 nitrogen and oxygen atoms in total. The fraction of sp³-hybridized carbons (Fsp3) is 0.364. The average molecular weight is 459 g/mol. The molecule has 32 heavy (non-hydrogen) atoms. The van der Waals surface area contributed by atoms with E-state index >= 15 is 0 Å². The molecule has 2 N–H and O–H groups in total. The number of hydrogen-bond acceptors (Lipinski definition) is 6. The minimum absolute atomic E-state index is 0.0204. The van der Waals surface area contributed by atoms with Crippen LogP contribution in [0.25, 0.3) is 21.8 Å². The number of amides is 2. The molecule has 10 heteroatoms. The number of hydrogen-bond donors (Lipinski definition) is 2. The topological polar surface area (TPSA) is 109 Å². The van der Waals surface area contributed by atoms with Crippen molar-refractivity contribution < 1.29 is 23.6 Å². The SMILES string of the molecule is CC(C)NC(=O)c1csc(-c2c(-c3ccc(F)cc3)noc2C2CCN(C(=O)O)CC2)n1. The molecule has 0 aliphatic carbocycles. The minimum Gasteiger partial charge on any atom is -0.465 e. The molecule has 4 rings (SSSR count). The van der Waals surface area contributed by atoms with Crippen molar-refractivity contribution in [3.05, 3.63) is 46.9 Å². The second-order valence-corrected chi connectivity index (χ2v) is 8.85. The summed E-state index contributed by atoms with van der Waals surface area (Å²) < 4.78 is 19.2. The van der Waals surface area contributed by atoms with Crippen LogP contribution >= 0.6 is 11.3 Å². The van der Waals surface area contributed by atoms with E-state index in [0.717, 1.165) is 0 Å². The number of piperidine rings is 1. The van der Waals surface area contributed by atoms with Crippen LogP contribution in [0.4, 0.5) is 9.18 Å². The van der Waals surface area contributed by atoms with Crippen molar-refractivity contribution >= 4 is 23.3 Å². The third-order valence-corrected chi connectivity index (χ3v) is 6.20. The zero-order valence-electron chi connectivity index (χ0n) is 17.7. The second-order valence-electron chi connectivity index (χ2n) is 7.99. The molecule has 2 amide bonds. The van der Waals surface area contributed by atoms with E-state index in [9.17, 15) is 19.1 Å². The maximum atomic E-state index is 13.5. The van der Waals surface area contributed by atoms with Gasteiger partial charge in [0.15, 0.2) is 5.76 Å². The highest BCUT2D eigenvalue weighted by Crippen LogP contribution is 2.42. The van der Waals surface area contributed by atoms with Crippen LogP contribution < -0.4 is 5.32 Å². The van der Waals surface area contributed by atoms with Crippen molar-refractivity contribution in [2.45, 2.75) is 38.6 Å². The first-order chi connectivity index (χ1) is 15.3. The lowest BCUT2D eigenvalue weighted by molar-refractivity contribution is 0.0938. The van der Waals surface area contributed by atoms with Crippen molar-refractivity contribution in [2.75, 3.05) is 13.1 Å². The molecule has 0 unspecified atom stereocenters. The molecular weight excluding hydrogens is 435 g/mol. The quantitative estimate of drug-likeness (QED) is 0.578. The minimum atomic E-state index is -0.936. The maximum Gasteiger partial charge on any atom is 0.407 e. The summed E-state index contributed by atoms with van der Waals surface area (Å²) in [5.74, 6) is -0.0563. The summed E-state index contributed by atoms with van der Waals surface area (Å²) >= 11 is 1.31. The average Bonchev–Trinajstić information content (AvgIpc) is 3.41. The van der Waals surface area contributed by atoms with Crippen LogP contribution in [0.15, 0.2) is 34.2 Å². The molecule has 0 atom stereocenters. The largest absolute Gasteiger partial charge is 0.465 e. The van der Waals surface area contributed by atoms with E-state index in [4.69, 9.17) is 4.52 Å². The Labute approximate surface area is 188 Å². The Morgan fingerprint density at radius 1 is 1.25 bits per heavy atom. The molecular formula is C22H23FN4O4S. The van der Waals surface area contributed by atoms with Crippen molar-refractivity contribution in [3.8, 4) is 21.8 Å². The standard InChI is InChI=1S/C22H23FN4O4S/c1-12(2)24-20(28)16-11-32-21(25-16)17-18(13-3-5-15(23)6-4-13)26-31-19(17)14-7-9-27(10-8-14)22(29)30/h3-6,11-12,14H,7-10H2,1-2H3,(H,24,28)(H,29,30). The number of aromatic nitrogens is 2. The summed E-state index contributed by atoms with van der Waals surface area (Å²) in [6.07, 6.45) is 0.237. The van der Waals surface area contributed by atoms with Gasteiger partial charge in [-0.05, 0) is 51.0 Å². The van der Waals surface area contributed by atoms with Gasteiger partial charge in [-0.25, -0.2) is 14.2 Å². The Balaban J connectivity index is 1.73. The molecule has 1 aliphatic heterocycles. The predicted octanol–water partition coefficient (Wildman–Crippen LogP) is 4.60. The molecule has 0 bridgehead atoms.